The van der Waals surface area contributed by atoms with Gasteiger partial charge in [0.25, 0.3) is 0 Å². The highest BCUT2D eigenvalue weighted by atomic mass is 35.5. The van der Waals surface area contributed by atoms with Crippen LogP contribution in [0.3, 0.4) is 0 Å². The van der Waals surface area contributed by atoms with Crippen LogP contribution in [-0.4, -0.2) is 25.0 Å². The molecule has 1 unspecified atom stereocenters. The van der Waals surface area contributed by atoms with Crippen LogP contribution in [0.4, 0.5) is 16.2 Å². The van der Waals surface area contributed by atoms with Crippen molar-refractivity contribution in [3.8, 4) is 5.75 Å². The Kier molecular flexibility index (Phi) is 6.19. The van der Waals surface area contributed by atoms with Gasteiger partial charge in [0.05, 0.1) is 0 Å². The van der Waals surface area contributed by atoms with Gasteiger partial charge in [-0.1, -0.05) is 56.1 Å². The van der Waals surface area contributed by atoms with Crippen molar-refractivity contribution < 1.29 is 14.3 Å². The molecule has 2 amide bonds. The second-order valence-corrected chi connectivity index (χ2v) is 17.1. The van der Waals surface area contributed by atoms with E-state index in [0.29, 0.717) is 45.6 Å². The number of hydrogen-bond acceptors (Lipinski definition) is 3. The highest BCUT2D eigenvalue weighted by Crippen LogP contribution is 2.62. The lowest BCUT2D eigenvalue weighted by atomic mass is 9.91. The van der Waals surface area contributed by atoms with E-state index >= 15 is 0 Å². The first-order chi connectivity index (χ1) is 17.3. The number of anilines is 2. The molecule has 8 heteroatoms. The molecule has 0 aromatic heterocycles. The third-order valence-corrected chi connectivity index (χ3v) is 13.0. The second-order valence-electron chi connectivity index (χ2n) is 11.5. The Morgan fingerprint density at radius 1 is 0.865 bits per heavy atom. The van der Waals surface area contributed by atoms with Gasteiger partial charge in [0.1, 0.15) is 11.3 Å². The van der Waals surface area contributed by atoms with Gasteiger partial charge >= 0.3 is 6.03 Å². The van der Waals surface area contributed by atoms with Crippen LogP contribution in [0.2, 0.25) is 28.2 Å². The van der Waals surface area contributed by atoms with Crippen LogP contribution in [0.1, 0.15) is 39.2 Å². The van der Waals surface area contributed by atoms with Gasteiger partial charge in [-0.2, -0.15) is 0 Å². The van der Waals surface area contributed by atoms with Crippen LogP contribution in [-0.2, 0) is 5.72 Å². The number of carbonyl (C=O) groups excluding carboxylic acids is 1. The van der Waals surface area contributed by atoms with Crippen LogP contribution >= 0.6 is 23.2 Å². The molecule has 5 nitrogen and oxygen atoms in total. The molecule has 2 fully saturated rings. The zero-order chi connectivity index (χ0) is 26.8. The molecule has 37 heavy (non-hydrogen) atoms. The maximum absolute atomic E-state index is 14.2. The number of nitrogens with zero attached hydrogens (tertiary/aromatic N) is 2. The summed E-state index contributed by atoms with van der Waals surface area (Å²) in [5, 5.41) is 13.9. The minimum Gasteiger partial charge on any atom is -0.543 e. The Bertz CT molecular complexity index is 1330. The van der Waals surface area contributed by atoms with Crippen molar-refractivity contribution in [1.29, 1.82) is 0 Å². The van der Waals surface area contributed by atoms with Crippen LogP contribution in [0.15, 0.2) is 72.8 Å². The molecule has 0 radical (unpaired) electrons. The minimum absolute atomic E-state index is 0.0155. The summed E-state index contributed by atoms with van der Waals surface area (Å²) in [6, 6.07) is 21.4. The second kappa shape index (κ2) is 8.77. The fourth-order valence-corrected chi connectivity index (χ4v) is 6.21. The lowest BCUT2D eigenvalue weighted by molar-refractivity contribution is 0.0220. The molecule has 1 atom stereocenters. The average molecular weight is 556 g/mol. The number of benzene rings is 3. The predicted molar refractivity (Wildman–Crippen MR) is 153 cm³/mol. The number of aliphatic hydroxyl groups is 1. The summed E-state index contributed by atoms with van der Waals surface area (Å²) in [7, 11) is -2.12. The molecule has 3 aromatic rings. The smallest absolute Gasteiger partial charge is 0.332 e. The molecule has 1 saturated carbocycles. The Morgan fingerprint density at radius 3 is 1.86 bits per heavy atom. The average Bonchev–Trinajstić information content (AvgIpc) is 3.60. The van der Waals surface area contributed by atoms with E-state index in [2.05, 4.69) is 33.9 Å². The topological polar surface area (TPSA) is 53.0 Å². The third kappa shape index (κ3) is 4.15. The summed E-state index contributed by atoms with van der Waals surface area (Å²) in [5.41, 5.74) is -0.607. The first kappa shape index (κ1) is 26.1. The molecule has 1 aliphatic heterocycles. The van der Waals surface area contributed by atoms with Gasteiger partial charge in [0.15, 0.2) is 5.72 Å². The van der Waals surface area contributed by atoms with Crippen molar-refractivity contribution in [3.05, 3.63) is 88.4 Å². The van der Waals surface area contributed by atoms with Gasteiger partial charge < -0.3 is 9.53 Å². The monoisotopic (exact) mass is 554 g/mol. The molecule has 1 heterocycles. The van der Waals surface area contributed by atoms with Crippen LogP contribution in [0.5, 0.6) is 5.75 Å². The molecule has 1 saturated heterocycles. The van der Waals surface area contributed by atoms with Gasteiger partial charge in [-0.3, -0.25) is 9.80 Å². The number of hydrogen-bond donors (Lipinski definition) is 1. The van der Waals surface area contributed by atoms with E-state index < -0.39 is 19.6 Å². The summed E-state index contributed by atoms with van der Waals surface area (Å²) < 4.78 is 6.59. The standard InChI is InChI=1S/C29H32Cl2N2O3Si/c1-27(2,3)37(4,5)36-25-8-6-7-20(19-25)29(35)28(17-18-28)32(23-13-9-21(30)10-14-23)26(34)33(29)24-15-11-22(31)12-16-24/h6-16,19,35H,17-18H2,1-5H3. The van der Waals surface area contributed by atoms with Crippen LogP contribution in [0, 0.1) is 0 Å². The first-order valence-corrected chi connectivity index (χ1v) is 16.1. The summed E-state index contributed by atoms with van der Waals surface area (Å²) in [6.07, 6.45) is 1.30. The Balaban J connectivity index is 1.66. The molecule has 1 aliphatic carbocycles. The van der Waals surface area contributed by atoms with Crippen molar-refractivity contribution in [1.82, 2.24) is 0 Å². The van der Waals surface area contributed by atoms with Gasteiger partial charge in [-0.25, -0.2) is 4.79 Å². The number of amides is 2. The molecular formula is C29H32Cl2N2O3Si. The summed E-state index contributed by atoms with van der Waals surface area (Å²) in [4.78, 5) is 17.4. The molecule has 5 rings (SSSR count). The predicted octanol–water partition coefficient (Wildman–Crippen LogP) is 8.20. The van der Waals surface area contributed by atoms with Gasteiger partial charge in [-0.05, 0) is 91.6 Å². The molecular weight excluding hydrogens is 523 g/mol. The molecule has 1 spiro atoms. The number of urea groups is 1. The Hall–Kier alpha value is -2.51. The van der Waals surface area contributed by atoms with Gasteiger partial charge in [0.2, 0.25) is 8.32 Å². The van der Waals surface area contributed by atoms with Gasteiger partial charge in [-0.15, -0.1) is 0 Å². The van der Waals surface area contributed by atoms with Crippen molar-refractivity contribution in [2.24, 2.45) is 0 Å². The Labute approximate surface area is 229 Å². The normalized spacial score (nSPS) is 21.0. The third-order valence-electron chi connectivity index (χ3n) is 8.09. The van der Waals surface area contributed by atoms with E-state index in [-0.39, 0.29) is 11.1 Å². The van der Waals surface area contributed by atoms with E-state index in [1.807, 2.05) is 36.4 Å². The van der Waals surface area contributed by atoms with E-state index in [1.54, 1.807) is 41.3 Å². The number of rotatable bonds is 5. The summed E-state index contributed by atoms with van der Waals surface area (Å²) in [6.45, 7) is 11.0. The maximum Gasteiger partial charge on any atom is 0.332 e. The largest absolute Gasteiger partial charge is 0.543 e. The zero-order valence-electron chi connectivity index (χ0n) is 21.8. The number of halogens is 2. The lowest BCUT2D eigenvalue weighted by Crippen LogP contribution is -2.51. The molecule has 194 valence electrons. The fraction of sp³-hybridized carbons (Fsp3) is 0.345. The molecule has 1 N–H and O–H groups in total. The fourth-order valence-electron chi connectivity index (χ4n) is 4.93. The SMILES string of the molecule is CC(C)(C)[Si](C)(C)Oc1cccc(C2(O)N(c3ccc(Cl)cc3)C(=O)N(c3ccc(Cl)cc3)C23CC3)c1. The highest BCUT2D eigenvalue weighted by Gasteiger charge is 2.74. The van der Waals surface area contributed by atoms with E-state index in [9.17, 15) is 9.90 Å². The van der Waals surface area contributed by atoms with E-state index in [0.717, 1.165) is 0 Å². The molecule has 0 bridgehead atoms. The Morgan fingerprint density at radius 2 is 1.38 bits per heavy atom. The van der Waals surface area contributed by atoms with Crippen molar-refractivity contribution in [3.63, 3.8) is 0 Å². The van der Waals surface area contributed by atoms with Crippen LogP contribution in [0.25, 0.3) is 0 Å². The maximum atomic E-state index is 14.2. The summed E-state index contributed by atoms with van der Waals surface area (Å²) in [5.74, 6) is 0.696. The van der Waals surface area contributed by atoms with Crippen molar-refractivity contribution in [2.75, 3.05) is 9.80 Å². The minimum atomic E-state index is -2.12. The molecule has 2 aliphatic rings. The molecule has 3 aromatic carbocycles. The van der Waals surface area contributed by atoms with Crippen molar-refractivity contribution >= 4 is 48.9 Å². The van der Waals surface area contributed by atoms with E-state index in [1.165, 1.54) is 4.90 Å². The quantitative estimate of drug-likeness (QED) is 0.323. The lowest BCUT2D eigenvalue weighted by Gasteiger charge is -2.39. The summed E-state index contributed by atoms with van der Waals surface area (Å²) >= 11 is 12.3. The van der Waals surface area contributed by atoms with Crippen molar-refractivity contribution in [2.45, 2.75) is 63.0 Å². The van der Waals surface area contributed by atoms with Crippen LogP contribution < -0.4 is 14.2 Å². The highest BCUT2D eigenvalue weighted by molar-refractivity contribution is 6.74. The zero-order valence-corrected chi connectivity index (χ0v) is 24.3. The number of carbonyl (C=O) groups is 1. The first-order valence-electron chi connectivity index (χ1n) is 12.5. The van der Waals surface area contributed by atoms with Gasteiger partial charge in [0, 0.05) is 27.0 Å². The van der Waals surface area contributed by atoms with E-state index in [4.69, 9.17) is 27.6 Å².